The maximum atomic E-state index is 12.7. The van der Waals surface area contributed by atoms with Crippen molar-refractivity contribution in [1.82, 2.24) is 10.5 Å². The molecule has 1 aromatic rings. The molecule has 1 N–H and O–H groups in total. The van der Waals surface area contributed by atoms with Crippen LogP contribution in [0.1, 0.15) is 31.3 Å². The largest absolute Gasteiger partial charge is 0.293 e. The summed E-state index contributed by atoms with van der Waals surface area (Å²) < 4.78 is 12.7. The second-order valence-electron chi connectivity index (χ2n) is 3.99. The van der Waals surface area contributed by atoms with Gasteiger partial charge in [-0.2, -0.15) is 4.39 Å². The smallest absolute Gasteiger partial charge is 0.268 e. The fraction of sp³-hybridized carbons (Fsp3) is 0.400. The number of rotatable bonds is 2. The number of hydroxylamine groups is 1. The third-order valence-corrected chi connectivity index (χ3v) is 1.40. The number of hydrogen-bond donors (Lipinski definition) is 1. The van der Waals surface area contributed by atoms with Crippen LogP contribution in [-0.2, 0) is 4.84 Å². The van der Waals surface area contributed by atoms with Crippen LogP contribution in [0, 0.1) is 5.95 Å². The maximum Gasteiger partial charge on any atom is 0.293 e. The van der Waals surface area contributed by atoms with Gasteiger partial charge in [-0.15, -0.1) is 0 Å². The van der Waals surface area contributed by atoms with E-state index < -0.39 is 17.5 Å². The standard InChI is InChI=1S/C10H13FN2O2/c1-10(2,3)15-13-9(14)7-5-4-6-8(11)12-7/h4-6H,1-3H3,(H,13,14). The van der Waals surface area contributed by atoms with Crippen LogP contribution in [-0.4, -0.2) is 16.5 Å². The molecule has 0 aromatic carbocycles. The number of carbonyl (C=O) groups is 1. The molecular weight excluding hydrogens is 199 g/mol. The second kappa shape index (κ2) is 4.35. The van der Waals surface area contributed by atoms with Gasteiger partial charge in [0.25, 0.3) is 5.91 Å². The summed E-state index contributed by atoms with van der Waals surface area (Å²) in [5.41, 5.74) is 1.69. The van der Waals surface area contributed by atoms with Gasteiger partial charge < -0.3 is 0 Å². The zero-order valence-corrected chi connectivity index (χ0v) is 8.87. The summed E-state index contributed by atoms with van der Waals surface area (Å²) in [6, 6.07) is 3.99. The molecule has 0 spiro atoms. The van der Waals surface area contributed by atoms with E-state index in [9.17, 15) is 9.18 Å². The number of nitrogens with zero attached hydrogens (tertiary/aromatic N) is 1. The molecule has 0 saturated carbocycles. The minimum absolute atomic E-state index is 0.0146. The third kappa shape index (κ3) is 4.03. The first-order valence-corrected chi connectivity index (χ1v) is 4.49. The molecule has 0 unspecified atom stereocenters. The quantitative estimate of drug-likeness (QED) is 0.599. The SMILES string of the molecule is CC(C)(C)ONC(=O)c1cccc(F)n1. The zero-order chi connectivity index (χ0) is 11.5. The van der Waals surface area contributed by atoms with Crippen molar-refractivity contribution < 1.29 is 14.0 Å². The topological polar surface area (TPSA) is 51.2 Å². The summed E-state index contributed by atoms with van der Waals surface area (Å²) in [7, 11) is 0. The van der Waals surface area contributed by atoms with Gasteiger partial charge in [-0.05, 0) is 32.9 Å². The molecule has 0 atom stereocenters. The Hall–Kier alpha value is -1.49. The highest BCUT2D eigenvalue weighted by Crippen LogP contribution is 2.04. The molecule has 0 aliphatic rings. The van der Waals surface area contributed by atoms with Crippen molar-refractivity contribution in [1.29, 1.82) is 0 Å². The molecule has 0 bridgehead atoms. The minimum Gasteiger partial charge on any atom is -0.268 e. The molecule has 0 saturated heterocycles. The summed E-state index contributed by atoms with van der Waals surface area (Å²) in [5.74, 6) is -1.26. The molecule has 5 heteroatoms. The molecule has 15 heavy (non-hydrogen) atoms. The van der Waals surface area contributed by atoms with E-state index in [4.69, 9.17) is 4.84 Å². The lowest BCUT2D eigenvalue weighted by atomic mass is 10.2. The van der Waals surface area contributed by atoms with Gasteiger partial charge in [0.1, 0.15) is 5.69 Å². The summed E-state index contributed by atoms with van der Waals surface area (Å²) in [5, 5.41) is 0. The van der Waals surface area contributed by atoms with Crippen molar-refractivity contribution in [2.24, 2.45) is 0 Å². The van der Waals surface area contributed by atoms with Gasteiger partial charge in [0.05, 0.1) is 5.60 Å². The van der Waals surface area contributed by atoms with E-state index in [1.54, 1.807) is 20.8 Å². The average molecular weight is 212 g/mol. The second-order valence-corrected chi connectivity index (χ2v) is 3.99. The summed E-state index contributed by atoms with van der Waals surface area (Å²) in [6.07, 6.45) is 0. The Kier molecular flexibility index (Phi) is 3.36. The van der Waals surface area contributed by atoms with Crippen LogP contribution in [0.5, 0.6) is 0 Å². The van der Waals surface area contributed by atoms with Crippen molar-refractivity contribution in [3.05, 3.63) is 29.8 Å². The van der Waals surface area contributed by atoms with Gasteiger partial charge in [0.2, 0.25) is 5.95 Å². The molecule has 1 heterocycles. The van der Waals surface area contributed by atoms with E-state index in [1.807, 2.05) is 0 Å². The van der Waals surface area contributed by atoms with Crippen molar-refractivity contribution >= 4 is 5.91 Å². The van der Waals surface area contributed by atoms with Crippen LogP contribution >= 0.6 is 0 Å². The van der Waals surface area contributed by atoms with Gasteiger partial charge in [0.15, 0.2) is 0 Å². The van der Waals surface area contributed by atoms with E-state index in [-0.39, 0.29) is 5.69 Å². The Labute approximate surface area is 87.4 Å². The van der Waals surface area contributed by atoms with Crippen molar-refractivity contribution in [2.45, 2.75) is 26.4 Å². The average Bonchev–Trinajstić information content (AvgIpc) is 2.13. The van der Waals surface area contributed by atoms with Crippen LogP contribution in [0.25, 0.3) is 0 Å². The van der Waals surface area contributed by atoms with Crippen molar-refractivity contribution in [3.8, 4) is 0 Å². The lowest BCUT2D eigenvalue weighted by molar-refractivity contribution is -0.0591. The fourth-order valence-electron chi connectivity index (χ4n) is 0.786. The van der Waals surface area contributed by atoms with Crippen LogP contribution in [0.15, 0.2) is 18.2 Å². The number of carbonyl (C=O) groups excluding carboxylic acids is 1. The number of hydrogen-bond acceptors (Lipinski definition) is 3. The molecule has 0 fully saturated rings. The van der Waals surface area contributed by atoms with Gasteiger partial charge in [-0.25, -0.2) is 10.5 Å². The molecule has 0 aliphatic heterocycles. The van der Waals surface area contributed by atoms with E-state index in [0.717, 1.165) is 0 Å². The van der Waals surface area contributed by atoms with E-state index in [0.29, 0.717) is 0 Å². The Morgan fingerprint density at radius 3 is 2.67 bits per heavy atom. The maximum absolute atomic E-state index is 12.7. The van der Waals surface area contributed by atoms with Gasteiger partial charge in [0, 0.05) is 0 Å². The predicted octanol–water partition coefficient (Wildman–Crippen LogP) is 1.68. The monoisotopic (exact) mass is 212 g/mol. The van der Waals surface area contributed by atoms with Crippen LogP contribution in [0.2, 0.25) is 0 Å². The highest BCUT2D eigenvalue weighted by atomic mass is 19.1. The van der Waals surface area contributed by atoms with Gasteiger partial charge >= 0.3 is 0 Å². The first-order chi connectivity index (χ1) is 6.88. The lowest BCUT2D eigenvalue weighted by Crippen LogP contribution is -2.34. The normalized spacial score (nSPS) is 11.2. The van der Waals surface area contributed by atoms with Crippen LogP contribution in [0.4, 0.5) is 4.39 Å². The number of halogens is 1. The Bertz CT molecular complexity index is 361. The molecule has 0 radical (unpaired) electrons. The summed E-state index contributed by atoms with van der Waals surface area (Å²) in [6.45, 7) is 5.35. The highest BCUT2D eigenvalue weighted by molar-refractivity contribution is 5.91. The Balaban J connectivity index is 2.62. The van der Waals surface area contributed by atoms with Crippen LogP contribution < -0.4 is 5.48 Å². The van der Waals surface area contributed by atoms with Crippen LogP contribution in [0.3, 0.4) is 0 Å². The van der Waals surface area contributed by atoms with Crippen molar-refractivity contribution in [2.75, 3.05) is 0 Å². The van der Waals surface area contributed by atoms with Gasteiger partial charge in [-0.1, -0.05) is 6.07 Å². The Morgan fingerprint density at radius 2 is 2.13 bits per heavy atom. The van der Waals surface area contributed by atoms with E-state index >= 15 is 0 Å². The van der Waals surface area contributed by atoms with E-state index in [1.165, 1.54) is 18.2 Å². The molecule has 0 aliphatic carbocycles. The molecule has 4 nitrogen and oxygen atoms in total. The molecule has 1 aromatic heterocycles. The third-order valence-electron chi connectivity index (χ3n) is 1.40. The molecule has 1 amide bonds. The number of nitrogens with one attached hydrogen (secondary N) is 1. The minimum atomic E-state index is -0.696. The summed E-state index contributed by atoms with van der Waals surface area (Å²) >= 11 is 0. The fourth-order valence-corrected chi connectivity index (χ4v) is 0.786. The van der Waals surface area contributed by atoms with E-state index in [2.05, 4.69) is 10.5 Å². The van der Waals surface area contributed by atoms with Crippen molar-refractivity contribution in [3.63, 3.8) is 0 Å². The number of pyridine rings is 1. The summed E-state index contributed by atoms with van der Waals surface area (Å²) in [4.78, 5) is 19.8. The lowest BCUT2D eigenvalue weighted by Gasteiger charge is -2.18. The van der Waals surface area contributed by atoms with Gasteiger partial charge in [-0.3, -0.25) is 9.63 Å². The highest BCUT2D eigenvalue weighted by Gasteiger charge is 2.14. The number of aromatic nitrogens is 1. The zero-order valence-electron chi connectivity index (χ0n) is 8.87. The number of amides is 1. The molecular formula is C10H13FN2O2. The first kappa shape index (κ1) is 11.6. The first-order valence-electron chi connectivity index (χ1n) is 4.49. The Morgan fingerprint density at radius 1 is 1.47 bits per heavy atom. The molecule has 82 valence electrons. The predicted molar refractivity (Wildman–Crippen MR) is 52.5 cm³/mol. The molecule has 1 rings (SSSR count).